The van der Waals surface area contributed by atoms with Gasteiger partial charge in [-0.15, -0.1) is 0 Å². The monoisotopic (exact) mass is 266 g/mol. The van der Waals surface area contributed by atoms with E-state index >= 15 is 0 Å². The molecule has 1 unspecified atom stereocenters. The third-order valence-electron chi connectivity index (χ3n) is 2.73. The lowest BCUT2D eigenvalue weighted by atomic mass is 10.0. The number of nitrogens with two attached hydrogens (primary N) is 1. The summed E-state index contributed by atoms with van der Waals surface area (Å²) in [4.78, 5) is 0.409. The molecule has 16 heavy (non-hydrogen) atoms. The summed E-state index contributed by atoms with van der Waals surface area (Å²) >= 11 is 4.91. The maximum Gasteiger partial charge on any atom is 0.216 e. The second-order valence-electron chi connectivity index (χ2n) is 3.91. The van der Waals surface area contributed by atoms with Gasteiger partial charge in [-0.3, -0.25) is 0 Å². The summed E-state index contributed by atoms with van der Waals surface area (Å²) in [7, 11) is -1.73. The van der Waals surface area contributed by atoms with Gasteiger partial charge in [0.1, 0.15) is 0 Å². The molecule has 1 heterocycles. The third kappa shape index (κ3) is 3.65. The topological polar surface area (TPSA) is 72.6 Å². The molecule has 0 amide bonds. The Bertz CT molecular complexity index is 343. The van der Waals surface area contributed by atoms with Crippen molar-refractivity contribution in [3.63, 3.8) is 0 Å². The molecule has 1 rings (SSSR count). The van der Waals surface area contributed by atoms with E-state index in [4.69, 9.17) is 22.7 Å². The van der Waals surface area contributed by atoms with E-state index < -0.39 is 10.0 Å². The molecule has 0 bridgehead atoms. The molecule has 2 N–H and O–H groups in total. The predicted molar refractivity (Wildman–Crippen MR) is 66.7 cm³/mol. The highest BCUT2D eigenvalue weighted by atomic mass is 32.2. The molecule has 1 fully saturated rings. The summed E-state index contributed by atoms with van der Waals surface area (Å²) in [5, 5.41) is 0. The molecule has 0 saturated carbocycles. The molecule has 94 valence electrons. The van der Waals surface area contributed by atoms with E-state index in [2.05, 4.69) is 0 Å². The summed E-state index contributed by atoms with van der Waals surface area (Å²) in [5.74, 6) is 0.0363. The van der Waals surface area contributed by atoms with Crippen LogP contribution < -0.4 is 5.73 Å². The van der Waals surface area contributed by atoms with Crippen LogP contribution in [0.3, 0.4) is 0 Å². The molecule has 0 aromatic rings. The number of hydrogen-bond donors (Lipinski definition) is 1. The molecule has 0 radical (unpaired) electrons. The molecule has 1 atom stereocenters. The molecule has 5 nitrogen and oxygen atoms in total. The lowest BCUT2D eigenvalue weighted by Crippen LogP contribution is -2.44. The minimum absolute atomic E-state index is 0.0149. The summed E-state index contributed by atoms with van der Waals surface area (Å²) in [6, 6.07) is 0. The summed E-state index contributed by atoms with van der Waals surface area (Å²) in [5.41, 5.74) is 5.56. The second kappa shape index (κ2) is 5.90. The quantitative estimate of drug-likeness (QED) is 0.707. The van der Waals surface area contributed by atoms with Gasteiger partial charge < -0.3 is 10.5 Å². The van der Waals surface area contributed by atoms with Crippen LogP contribution in [-0.4, -0.2) is 50.3 Å². The highest BCUT2D eigenvalue weighted by Gasteiger charge is 2.29. The van der Waals surface area contributed by atoms with Crippen molar-refractivity contribution in [2.24, 2.45) is 11.7 Å². The molecule has 0 aromatic heterocycles. The lowest BCUT2D eigenvalue weighted by molar-refractivity contribution is 0.214. The zero-order valence-corrected chi connectivity index (χ0v) is 11.0. The zero-order chi connectivity index (χ0) is 12.2. The van der Waals surface area contributed by atoms with Crippen LogP contribution in [0.1, 0.15) is 12.8 Å². The first-order chi connectivity index (χ1) is 7.47. The number of hydrogen-bond acceptors (Lipinski definition) is 4. The Kier molecular flexibility index (Phi) is 5.10. The van der Waals surface area contributed by atoms with Crippen molar-refractivity contribution in [2.75, 3.05) is 32.6 Å². The molecular weight excluding hydrogens is 248 g/mol. The van der Waals surface area contributed by atoms with Crippen LogP contribution >= 0.6 is 12.2 Å². The van der Waals surface area contributed by atoms with Crippen LogP contribution in [0.25, 0.3) is 0 Å². The van der Waals surface area contributed by atoms with Crippen LogP contribution in [0.15, 0.2) is 0 Å². The van der Waals surface area contributed by atoms with E-state index in [9.17, 15) is 8.42 Å². The Morgan fingerprint density at radius 3 is 2.88 bits per heavy atom. The fourth-order valence-electron chi connectivity index (χ4n) is 1.75. The largest absolute Gasteiger partial charge is 0.393 e. The fraction of sp³-hybridized carbons (Fsp3) is 0.889. The molecule has 0 spiro atoms. The van der Waals surface area contributed by atoms with E-state index in [0.717, 1.165) is 12.8 Å². The standard InChI is InChI=1S/C9H18N2O3S2/c1-14-5-6-16(12,13)11-4-2-3-8(7-11)9(10)15/h8H,2-7H2,1H3,(H2,10,15). The van der Waals surface area contributed by atoms with E-state index in [-0.39, 0.29) is 18.3 Å². The van der Waals surface area contributed by atoms with Crippen LogP contribution in [-0.2, 0) is 14.8 Å². The van der Waals surface area contributed by atoms with Gasteiger partial charge in [0.2, 0.25) is 10.0 Å². The Balaban J connectivity index is 2.62. The van der Waals surface area contributed by atoms with Gasteiger partial charge in [0, 0.05) is 26.1 Å². The van der Waals surface area contributed by atoms with Crippen molar-refractivity contribution in [1.29, 1.82) is 0 Å². The Morgan fingerprint density at radius 1 is 1.62 bits per heavy atom. The van der Waals surface area contributed by atoms with Crippen LogP contribution in [0.5, 0.6) is 0 Å². The number of nitrogens with zero attached hydrogens (tertiary/aromatic N) is 1. The maximum absolute atomic E-state index is 11.9. The van der Waals surface area contributed by atoms with Crippen molar-refractivity contribution >= 4 is 27.2 Å². The summed E-state index contributed by atoms with van der Waals surface area (Å²) < 4.78 is 30.0. The van der Waals surface area contributed by atoms with Gasteiger partial charge in [0.05, 0.1) is 17.3 Å². The fourth-order valence-corrected chi connectivity index (χ4v) is 3.39. The minimum Gasteiger partial charge on any atom is -0.393 e. The molecule has 1 saturated heterocycles. The minimum atomic E-state index is -3.22. The highest BCUT2D eigenvalue weighted by molar-refractivity contribution is 7.89. The molecule has 0 aliphatic carbocycles. The van der Waals surface area contributed by atoms with Crippen LogP contribution in [0.2, 0.25) is 0 Å². The van der Waals surface area contributed by atoms with Crippen molar-refractivity contribution in [1.82, 2.24) is 4.31 Å². The first-order valence-corrected chi connectivity index (χ1v) is 7.25. The van der Waals surface area contributed by atoms with Crippen molar-refractivity contribution in [3.05, 3.63) is 0 Å². The second-order valence-corrected chi connectivity index (χ2v) is 6.47. The number of rotatable bonds is 5. The van der Waals surface area contributed by atoms with Gasteiger partial charge in [-0.2, -0.15) is 0 Å². The van der Waals surface area contributed by atoms with Gasteiger partial charge in [0.15, 0.2) is 0 Å². The summed E-state index contributed by atoms with van der Waals surface area (Å²) in [6.45, 7) is 1.20. The first-order valence-electron chi connectivity index (χ1n) is 5.23. The average molecular weight is 266 g/mol. The SMILES string of the molecule is COCCS(=O)(=O)N1CCCC(C(N)=S)C1. The molecule has 0 aromatic carbocycles. The average Bonchev–Trinajstić information content (AvgIpc) is 2.26. The van der Waals surface area contributed by atoms with E-state index in [1.165, 1.54) is 11.4 Å². The van der Waals surface area contributed by atoms with E-state index in [1.54, 1.807) is 0 Å². The van der Waals surface area contributed by atoms with Crippen molar-refractivity contribution < 1.29 is 13.2 Å². The van der Waals surface area contributed by atoms with Crippen LogP contribution in [0.4, 0.5) is 0 Å². The normalized spacial score (nSPS) is 23.2. The highest BCUT2D eigenvalue weighted by Crippen LogP contribution is 2.19. The smallest absolute Gasteiger partial charge is 0.216 e. The Labute approximate surface area is 102 Å². The molecule has 1 aliphatic rings. The lowest BCUT2D eigenvalue weighted by Gasteiger charge is -2.31. The molecule has 1 aliphatic heterocycles. The number of piperidine rings is 1. The number of thiocarbonyl (C=S) groups is 1. The third-order valence-corrected chi connectivity index (χ3v) is 4.86. The predicted octanol–water partition coefficient (Wildman–Crippen LogP) is -0.0393. The maximum atomic E-state index is 11.9. The Morgan fingerprint density at radius 2 is 2.31 bits per heavy atom. The molecular formula is C9H18N2O3S2. The number of methoxy groups -OCH3 is 1. The van der Waals surface area contributed by atoms with Crippen LogP contribution in [0, 0.1) is 5.92 Å². The van der Waals surface area contributed by atoms with E-state index in [1.807, 2.05) is 0 Å². The zero-order valence-electron chi connectivity index (χ0n) is 9.39. The van der Waals surface area contributed by atoms with Gasteiger partial charge in [-0.05, 0) is 12.8 Å². The summed E-state index contributed by atoms with van der Waals surface area (Å²) in [6.07, 6.45) is 1.69. The number of sulfonamides is 1. The van der Waals surface area contributed by atoms with Crippen molar-refractivity contribution in [3.8, 4) is 0 Å². The van der Waals surface area contributed by atoms with Gasteiger partial charge >= 0.3 is 0 Å². The van der Waals surface area contributed by atoms with Gasteiger partial charge in [-0.1, -0.05) is 12.2 Å². The van der Waals surface area contributed by atoms with E-state index in [0.29, 0.717) is 18.1 Å². The number of ether oxygens (including phenoxy) is 1. The van der Waals surface area contributed by atoms with Gasteiger partial charge in [-0.25, -0.2) is 12.7 Å². The first kappa shape index (κ1) is 13.8. The molecule has 7 heteroatoms. The van der Waals surface area contributed by atoms with Gasteiger partial charge in [0.25, 0.3) is 0 Å². The van der Waals surface area contributed by atoms with Crippen molar-refractivity contribution in [2.45, 2.75) is 12.8 Å². The Hall–Kier alpha value is -0.240.